The Kier molecular flexibility index (Phi) is 5.03. The van der Waals surface area contributed by atoms with Gasteiger partial charge in [-0.1, -0.05) is 16.8 Å². The second-order valence-corrected chi connectivity index (χ2v) is 6.11. The maximum atomic E-state index is 11.8. The van der Waals surface area contributed by atoms with Crippen molar-refractivity contribution in [3.8, 4) is 16.8 Å². The number of carbonyl (C=O) groups is 1. The molecule has 7 nitrogen and oxygen atoms in total. The second-order valence-electron chi connectivity index (χ2n) is 6.11. The average Bonchev–Trinajstić information content (AvgIpc) is 2.96. The van der Waals surface area contributed by atoms with Gasteiger partial charge in [0.05, 0.1) is 28.4 Å². The summed E-state index contributed by atoms with van der Waals surface area (Å²) in [4.78, 5) is 22.5. The number of nitro benzene ring substituents is 1. The van der Waals surface area contributed by atoms with E-state index in [4.69, 9.17) is 4.74 Å². The molecule has 3 aromatic rings. The van der Waals surface area contributed by atoms with Gasteiger partial charge in [-0.25, -0.2) is 4.79 Å². The largest absolute Gasteiger partial charge is 0.462 e. The predicted octanol–water partition coefficient (Wildman–Crippen LogP) is 3.66. The fourth-order valence-corrected chi connectivity index (χ4v) is 3.11. The number of aromatic nitrogens is 2. The molecule has 0 fully saturated rings. The topological polar surface area (TPSA) is 89.1 Å². The van der Waals surface area contributed by atoms with Crippen molar-refractivity contribution in [1.82, 2.24) is 5.10 Å². The Labute approximate surface area is 156 Å². The molecule has 0 spiro atoms. The molecule has 138 valence electrons. The molecule has 0 unspecified atom stereocenters. The summed E-state index contributed by atoms with van der Waals surface area (Å²) in [6.45, 7) is 5.96. The average molecular weight is 366 g/mol. The number of nitrogens with zero attached hydrogens (tertiary/aromatic N) is 2. The summed E-state index contributed by atoms with van der Waals surface area (Å²) in [6.07, 6.45) is 0. The van der Waals surface area contributed by atoms with Gasteiger partial charge in [-0.2, -0.15) is 5.10 Å². The van der Waals surface area contributed by atoms with Gasteiger partial charge in [-0.3, -0.25) is 10.1 Å². The number of hydrogen-bond donors (Lipinski definition) is 1. The van der Waals surface area contributed by atoms with E-state index in [-0.39, 0.29) is 11.7 Å². The zero-order valence-corrected chi connectivity index (χ0v) is 15.4. The molecule has 0 aliphatic rings. The molecule has 3 rings (SSSR count). The summed E-state index contributed by atoms with van der Waals surface area (Å²) in [6, 6.07) is 13.6. The van der Waals surface area contributed by atoms with Crippen LogP contribution in [0.15, 0.2) is 48.5 Å². The smallest absolute Gasteiger partial charge is 0.338 e. The van der Waals surface area contributed by atoms with E-state index in [9.17, 15) is 14.9 Å². The first-order valence-electron chi connectivity index (χ1n) is 8.56. The minimum absolute atomic E-state index is 0.0536. The summed E-state index contributed by atoms with van der Waals surface area (Å²) < 4.78 is 6.89. The first-order chi connectivity index (χ1) is 12.9. The highest BCUT2D eigenvalue weighted by atomic mass is 16.6. The van der Waals surface area contributed by atoms with Crippen LogP contribution in [0.4, 0.5) is 5.69 Å². The number of aromatic amines is 1. The van der Waals surface area contributed by atoms with Gasteiger partial charge in [0.2, 0.25) is 11.4 Å². The third kappa shape index (κ3) is 3.57. The molecule has 27 heavy (non-hydrogen) atoms. The van der Waals surface area contributed by atoms with Crippen molar-refractivity contribution in [3.63, 3.8) is 0 Å². The highest BCUT2D eigenvalue weighted by Crippen LogP contribution is 2.28. The first-order valence-corrected chi connectivity index (χ1v) is 8.56. The van der Waals surface area contributed by atoms with Crippen molar-refractivity contribution in [2.24, 2.45) is 0 Å². The van der Waals surface area contributed by atoms with Crippen LogP contribution < -0.4 is 4.68 Å². The van der Waals surface area contributed by atoms with Crippen LogP contribution in [0.5, 0.6) is 0 Å². The third-order valence-corrected chi connectivity index (χ3v) is 4.33. The lowest BCUT2D eigenvalue weighted by atomic mass is 10.0. The maximum Gasteiger partial charge on any atom is 0.338 e. The third-order valence-electron chi connectivity index (χ3n) is 4.33. The van der Waals surface area contributed by atoms with Crippen LogP contribution in [0.25, 0.3) is 16.8 Å². The number of H-pyrrole nitrogens is 1. The van der Waals surface area contributed by atoms with Crippen LogP contribution in [0.2, 0.25) is 0 Å². The number of rotatable bonds is 5. The molecule has 0 bridgehead atoms. The highest BCUT2D eigenvalue weighted by Gasteiger charge is 2.23. The quantitative estimate of drug-likeness (QED) is 0.323. The Balaban J connectivity index is 2.00. The van der Waals surface area contributed by atoms with Gasteiger partial charge in [0, 0.05) is 31.2 Å². The Bertz CT molecular complexity index is 1010. The van der Waals surface area contributed by atoms with Crippen molar-refractivity contribution >= 4 is 11.7 Å². The summed E-state index contributed by atoms with van der Waals surface area (Å²) in [5.41, 5.74) is 4.88. The summed E-state index contributed by atoms with van der Waals surface area (Å²) in [7, 11) is 0. The number of nitro groups is 1. The summed E-state index contributed by atoms with van der Waals surface area (Å²) in [5.74, 6) is -0.356. The molecular formula is C20H20N3O4+. The first kappa shape index (κ1) is 18.3. The van der Waals surface area contributed by atoms with Gasteiger partial charge in [0.1, 0.15) is 0 Å². The number of non-ortho nitro benzene ring substituents is 1. The molecule has 0 aliphatic carbocycles. The Morgan fingerprint density at radius 2 is 1.89 bits per heavy atom. The van der Waals surface area contributed by atoms with E-state index in [1.807, 2.05) is 36.7 Å². The van der Waals surface area contributed by atoms with E-state index < -0.39 is 4.92 Å². The Morgan fingerprint density at radius 1 is 1.19 bits per heavy atom. The lowest BCUT2D eigenvalue weighted by Gasteiger charge is -2.01. The second kappa shape index (κ2) is 7.41. The molecular weight excluding hydrogens is 346 g/mol. The fraction of sp³-hybridized carbons (Fsp3) is 0.200. The van der Waals surface area contributed by atoms with Crippen LogP contribution in [0, 0.1) is 24.0 Å². The van der Waals surface area contributed by atoms with Gasteiger partial charge in [-0.15, -0.1) is 0 Å². The lowest BCUT2D eigenvalue weighted by Crippen LogP contribution is -2.35. The zero-order valence-electron chi connectivity index (χ0n) is 15.4. The molecule has 1 aromatic heterocycles. The monoisotopic (exact) mass is 366 g/mol. The van der Waals surface area contributed by atoms with Crippen molar-refractivity contribution < 1.29 is 19.1 Å². The molecule has 0 saturated carbocycles. The van der Waals surface area contributed by atoms with Crippen molar-refractivity contribution in [2.75, 3.05) is 6.61 Å². The van der Waals surface area contributed by atoms with E-state index in [2.05, 4.69) is 5.10 Å². The minimum atomic E-state index is -0.400. The normalized spacial score (nSPS) is 10.6. The zero-order chi connectivity index (χ0) is 19.6. The van der Waals surface area contributed by atoms with Crippen molar-refractivity contribution in [1.29, 1.82) is 0 Å². The number of aryl methyl sites for hydroxylation is 1. The van der Waals surface area contributed by atoms with Gasteiger partial charge in [0.25, 0.3) is 5.69 Å². The maximum absolute atomic E-state index is 11.8. The van der Waals surface area contributed by atoms with Crippen molar-refractivity contribution in [3.05, 3.63) is 75.6 Å². The van der Waals surface area contributed by atoms with Crippen LogP contribution >= 0.6 is 0 Å². The molecule has 0 radical (unpaired) electrons. The molecule has 0 atom stereocenters. The van der Waals surface area contributed by atoms with E-state index in [0.29, 0.717) is 12.2 Å². The van der Waals surface area contributed by atoms with Crippen LogP contribution in [0.3, 0.4) is 0 Å². The SMILES string of the molecule is CCOC(=O)c1ccc(-[n+]2[nH]c(C)c(-c3cccc([N+](=O)[O-])c3)c2C)cc1. The van der Waals surface area contributed by atoms with Gasteiger partial charge >= 0.3 is 5.97 Å². The van der Waals surface area contributed by atoms with Gasteiger partial charge in [0.15, 0.2) is 0 Å². The summed E-state index contributed by atoms with van der Waals surface area (Å²) in [5, 5.41) is 14.4. The van der Waals surface area contributed by atoms with E-state index in [1.165, 1.54) is 6.07 Å². The minimum Gasteiger partial charge on any atom is -0.462 e. The number of esters is 1. The number of benzene rings is 2. The van der Waals surface area contributed by atoms with Gasteiger partial charge in [-0.05, 0) is 31.5 Å². The molecule has 0 saturated heterocycles. The summed E-state index contributed by atoms with van der Waals surface area (Å²) >= 11 is 0. The predicted molar refractivity (Wildman–Crippen MR) is 99.8 cm³/mol. The number of carbonyl (C=O) groups excluding carboxylic acids is 1. The fourth-order valence-electron chi connectivity index (χ4n) is 3.11. The van der Waals surface area contributed by atoms with Crippen LogP contribution in [-0.4, -0.2) is 22.6 Å². The van der Waals surface area contributed by atoms with E-state index >= 15 is 0 Å². The van der Waals surface area contributed by atoms with Crippen LogP contribution in [0.1, 0.15) is 28.7 Å². The Hall–Kier alpha value is -3.48. The van der Waals surface area contributed by atoms with Crippen molar-refractivity contribution in [2.45, 2.75) is 20.8 Å². The van der Waals surface area contributed by atoms with E-state index in [0.717, 1.165) is 28.2 Å². The Morgan fingerprint density at radius 3 is 2.52 bits per heavy atom. The lowest BCUT2D eigenvalue weighted by molar-refractivity contribution is -0.661. The molecule has 0 amide bonds. The number of hydrogen-bond acceptors (Lipinski definition) is 4. The van der Waals surface area contributed by atoms with Gasteiger partial charge < -0.3 is 4.74 Å². The molecule has 7 heteroatoms. The van der Waals surface area contributed by atoms with Crippen LogP contribution in [-0.2, 0) is 4.74 Å². The number of nitrogens with one attached hydrogen (secondary N) is 1. The molecule has 2 aromatic carbocycles. The molecule has 1 heterocycles. The molecule has 1 N–H and O–H groups in total. The highest BCUT2D eigenvalue weighted by molar-refractivity contribution is 5.89. The van der Waals surface area contributed by atoms with E-state index in [1.54, 1.807) is 31.2 Å². The number of ether oxygens (including phenoxy) is 1. The standard InChI is InChI=1S/C20H19N3O4/c1-4-27-20(24)15-8-10-17(11-9-15)22-14(3)19(13(2)21-22)16-6-5-7-18(12-16)23(25)26/h5-12H,4H2,1-3H3/p+1. The molecule has 0 aliphatic heterocycles.